The number of aryl methyl sites for hydroxylation is 1. The second-order valence-electron chi connectivity index (χ2n) is 4.38. The fraction of sp³-hybridized carbons (Fsp3) is 0.214. The predicted octanol–water partition coefficient (Wildman–Crippen LogP) is 3.14. The number of aliphatic hydroxyl groups is 1. The van der Waals surface area contributed by atoms with Crippen LogP contribution in [0, 0.1) is 17.0 Å². The number of rotatable bonds is 4. The van der Waals surface area contributed by atoms with Gasteiger partial charge in [-0.05, 0) is 31.5 Å². The number of nitro groups is 1. The quantitative estimate of drug-likeness (QED) is 0.683. The maximum absolute atomic E-state index is 11.0. The fourth-order valence-electron chi connectivity index (χ4n) is 1.73. The molecule has 0 unspecified atom stereocenters. The van der Waals surface area contributed by atoms with Crippen LogP contribution in [0.15, 0.2) is 36.5 Å². The number of aliphatic hydroxyl groups excluding tert-OH is 1. The lowest BCUT2D eigenvalue weighted by atomic mass is 10.2. The highest BCUT2D eigenvalue weighted by Gasteiger charge is 2.17. The van der Waals surface area contributed by atoms with Crippen LogP contribution in [0.3, 0.4) is 0 Å². The zero-order chi connectivity index (χ0) is 14.7. The molecule has 20 heavy (non-hydrogen) atoms. The SMILES string of the molecule is Cc1cccc([N+](=O)[O-])c1Oc1ccc([C@H](C)O)nc1. The van der Waals surface area contributed by atoms with Gasteiger partial charge in [-0.15, -0.1) is 0 Å². The van der Waals surface area contributed by atoms with E-state index in [1.807, 2.05) is 0 Å². The lowest BCUT2D eigenvalue weighted by molar-refractivity contribution is -0.385. The van der Waals surface area contributed by atoms with Gasteiger partial charge >= 0.3 is 5.69 Å². The van der Waals surface area contributed by atoms with Crippen LogP contribution in [-0.2, 0) is 0 Å². The standard InChI is InChI=1S/C14H14N2O4/c1-9-4-3-5-13(16(18)19)14(9)20-11-6-7-12(10(2)17)15-8-11/h3-8,10,17H,1-2H3/t10-/m0/s1. The summed E-state index contributed by atoms with van der Waals surface area (Å²) in [5.74, 6) is 0.580. The zero-order valence-electron chi connectivity index (χ0n) is 11.1. The van der Waals surface area contributed by atoms with E-state index in [0.717, 1.165) is 0 Å². The summed E-state index contributed by atoms with van der Waals surface area (Å²) in [6.07, 6.45) is 0.759. The molecule has 1 atom stereocenters. The Labute approximate surface area is 115 Å². The fourth-order valence-corrected chi connectivity index (χ4v) is 1.73. The Morgan fingerprint density at radius 3 is 2.65 bits per heavy atom. The number of hydrogen-bond acceptors (Lipinski definition) is 5. The molecule has 6 heteroatoms. The summed E-state index contributed by atoms with van der Waals surface area (Å²) in [6.45, 7) is 3.34. The molecule has 0 amide bonds. The van der Waals surface area contributed by atoms with E-state index in [0.29, 0.717) is 17.0 Å². The first-order valence-corrected chi connectivity index (χ1v) is 6.05. The third-order valence-electron chi connectivity index (χ3n) is 2.79. The Morgan fingerprint density at radius 1 is 1.35 bits per heavy atom. The van der Waals surface area contributed by atoms with Crippen molar-refractivity contribution < 1.29 is 14.8 Å². The van der Waals surface area contributed by atoms with Crippen LogP contribution in [0.4, 0.5) is 5.69 Å². The van der Waals surface area contributed by atoms with Crippen molar-refractivity contribution in [1.29, 1.82) is 0 Å². The van der Waals surface area contributed by atoms with Crippen molar-refractivity contribution in [2.45, 2.75) is 20.0 Å². The number of benzene rings is 1. The largest absolute Gasteiger partial charge is 0.448 e. The molecule has 0 saturated heterocycles. The number of nitrogens with zero attached hydrogens (tertiary/aromatic N) is 2. The van der Waals surface area contributed by atoms with Crippen molar-refractivity contribution in [3.8, 4) is 11.5 Å². The Balaban J connectivity index is 2.32. The summed E-state index contributed by atoms with van der Waals surface area (Å²) in [5.41, 5.74) is 1.08. The molecule has 0 aliphatic carbocycles. The highest BCUT2D eigenvalue weighted by molar-refractivity contribution is 5.52. The Bertz CT molecular complexity index is 624. The number of pyridine rings is 1. The zero-order valence-corrected chi connectivity index (χ0v) is 11.1. The van der Waals surface area contributed by atoms with Crippen LogP contribution in [0.1, 0.15) is 24.3 Å². The Kier molecular flexibility index (Phi) is 3.95. The van der Waals surface area contributed by atoms with E-state index < -0.39 is 11.0 Å². The molecule has 0 bridgehead atoms. The molecule has 0 saturated carbocycles. The van der Waals surface area contributed by atoms with Crippen molar-refractivity contribution >= 4 is 5.69 Å². The van der Waals surface area contributed by atoms with Gasteiger partial charge in [0.15, 0.2) is 0 Å². The Morgan fingerprint density at radius 2 is 2.10 bits per heavy atom. The highest BCUT2D eigenvalue weighted by atomic mass is 16.6. The third-order valence-corrected chi connectivity index (χ3v) is 2.79. The molecule has 0 radical (unpaired) electrons. The van der Waals surface area contributed by atoms with Crippen molar-refractivity contribution in [3.63, 3.8) is 0 Å². The molecule has 1 aromatic heterocycles. The molecule has 2 aromatic rings. The van der Waals surface area contributed by atoms with Gasteiger partial charge in [-0.3, -0.25) is 15.1 Å². The van der Waals surface area contributed by atoms with E-state index >= 15 is 0 Å². The maximum Gasteiger partial charge on any atom is 0.311 e. The summed E-state index contributed by atoms with van der Waals surface area (Å²) in [6, 6.07) is 7.96. The lowest BCUT2D eigenvalue weighted by Crippen LogP contribution is -1.98. The second kappa shape index (κ2) is 5.66. The molecular weight excluding hydrogens is 260 g/mol. The van der Waals surface area contributed by atoms with Crippen molar-refractivity contribution in [1.82, 2.24) is 4.98 Å². The van der Waals surface area contributed by atoms with E-state index in [-0.39, 0.29) is 11.4 Å². The number of nitro benzene ring substituents is 1. The summed E-state index contributed by atoms with van der Waals surface area (Å²) in [7, 11) is 0. The average Bonchev–Trinajstić information content (AvgIpc) is 2.41. The number of hydrogen-bond donors (Lipinski definition) is 1. The predicted molar refractivity (Wildman–Crippen MR) is 72.8 cm³/mol. The second-order valence-corrected chi connectivity index (χ2v) is 4.38. The summed E-state index contributed by atoms with van der Waals surface area (Å²) in [4.78, 5) is 14.5. The van der Waals surface area contributed by atoms with Crippen LogP contribution in [0.2, 0.25) is 0 Å². The maximum atomic E-state index is 11.0. The van der Waals surface area contributed by atoms with E-state index in [1.54, 1.807) is 38.1 Å². The normalized spacial score (nSPS) is 11.9. The number of aromatic nitrogens is 1. The number of ether oxygens (including phenoxy) is 1. The van der Waals surface area contributed by atoms with Gasteiger partial charge in [-0.25, -0.2) is 0 Å². The number of para-hydroxylation sites is 1. The molecule has 0 aliphatic rings. The molecule has 1 heterocycles. The molecule has 1 N–H and O–H groups in total. The lowest BCUT2D eigenvalue weighted by Gasteiger charge is -2.09. The first kappa shape index (κ1) is 14.0. The van der Waals surface area contributed by atoms with E-state index in [1.165, 1.54) is 12.3 Å². The first-order valence-electron chi connectivity index (χ1n) is 6.05. The monoisotopic (exact) mass is 274 g/mol. The summed E-state index contributed by atoms with van der Waals surface area (Å²) in [5, 5.41) is 20.4. The summed E-state index contributed by atoms with van der Waals surface area (Å²) >= 11 is 0. The average molecular weight is 274 g/mol. The van der Waals surface area contributed by atoms with Gasteiger partial charge in [-0.1, -0.05) is 12.1 Å². The van der Waals surface area contributed by atoms with Gasteiger partial charge in [0, 0.05) is 6.07 Å². The van der Waals surface area contributed by atoms with Gasteiger partial charge in [-0.2, -0.15) is 0 Å². The molecule has 2 rings (SSSR count). The minimum Gasteiger partial charge on any atom is -0.448 e. The van der Waals surface area contributed by atoms with Gasteiger partial charge in [0.25, 0.3) is 0 Å². The van der Waals surface area contributed by atoms with Crippen LogP contribution in [0.25, 0.3) is 0 Å². The minimum atomic E-state index is -0.670. The molecule has 0 spiro atoms. The van der Waals surface area contributed by atoms with Crippen molar-refractivity contribution in [2.75, 3.05) is 0 Å². The van der Waals surface area contributed by atoms with Crippen LogP contribution in [0.5, 0.6) is 11.5 Å². The van der Waals surface area contributed by atoms with Crippen LogP contribution in [-0.4, -0.2) is 15.0 Å². The molecular formula is C14H14N2O4. The summed E-state index contributed by atoms with van der Waals surface area (Å²) < 4.78 is 5.55. The molecule has 104 valence electrons. The highest BCUT2D eigenvalue weighted by Crippen LogP contribution is 2.34. The van der Waals surface area contributed by atoms with Gasteiger partial charge in [0.05, 0.1) is 22.9 Å². The van der Waals surface area contributed by atoms with Crippen LogP contribution >= 0.6 is 0 Å². The molecule has 0 fully saturated rings. The molecule has 0 aliphatic heterocycles. The van der Waals surface area contributed by atoms with E-state index in [9.17, 15) is 15.2 Å². The van der Waals surface area contributed by atoms with Gasteiger partial charge in [0.1, 0.15) is 5.75 Å². The van der Waals surface area contributed by atoms with E-state index in [4.69, 9.17) is 4.74 Å². The van der Waals surface area contributed by atoms with Crippen LogP contribution < -0.4 is 4.74 Å². The smallest absolute Gasteiger partial charge is 0.311 e. The third kappa shape index (κ3) is 2.92. The minimum absolute atomic E-state index is 0.0930. The molecule has 1 aromatic carbocycles. The molecule has 6 nitrogen and oxygen atoms in total. The topological polar surface area (TPSA) is 85.5 Å². The van der Waals surface area contributed by atoms with E-state index in [2.05, 4.69) is 4.98 Å². The Hall–Kier alpha value is -2.47. The van der Waals surface area contributed by atoms with Crippen molar-refractivity contribution in [3.05, 3.63) is 57.9 Å². The first-order chi connectivity index (χ1) is 9.49. The van der Waals surface area contributed by atoms with Gasteiger partial charge < -0.3 is 9.84 Å². The van der Waals surface area contributed by atoms with Gasteiger partial charge in [0.2, 0.25) is 5.75 Å². The van der Waals surface area contributed by atoms with Crippen molar-refractivity contribution in [2.24, 2.45) is 0 Å².